The fraction of sp³-hybridized carbons (Fsp3) is 0.909. The van der Waals surface area contributed by atoms with Gasteiger partial charge in [0.15, 0.2) is 0 Å². The molecule has 3 heteroatoms. The van der Waals surface area contributed by atoms with Crippen molar-refractivity contribution < 1.29 is 9.53 Å². The predicted octanol–water partition coefficient (Wildman–Crippen LogP) is 1.22. The smallest absolute Gasteiger partial charge is 0.133 e. The molecule has 2 fully saturated rings. The topological polar surface area (TPSA) is 29.5 Å². The zero-order valence-electron chi connectivity index (χ0n) is 8.87. The van der Waals surface area contributed by atoms with Crippen LogP contribution in [0.1, 0.15) is 32.6 Å². The van der Waals surface area contributed by atoms with Gasteiger partial charge in [-0.1, -0.05) is 0 Å². The van der Waals surface area contributed by atoms with E-state index < -0.39 is 0 Å². The molecule has 1 unspecified atom stereocenters. The fourth-order valence-corrected chi connectivity index (χ4v) is 2.47. The van der Waals surface area contributed by atoms with Crippen molar-refractivity contribution >= 4 is 5.78 Å². The predicted molar refractivity (Wildman–Crippen MR) is 54.3 cm³/mol. The van der Waals surface area contributed by atoms with Gasteiger partial charge in [0.05, 0.1) is 12.7 Å². The second-order valence-electron chi connectivity index (χ2n) is 4.45. The Kier molecular flexibility index (Phi) is 3.19. The van der Waals surface area contributed by atoms with Crippen LogP contribution in [0, 0.1) is 0 Å². The molecule has 80 valence electrons. The molecule has 0 N–H and O–H groups in total. The Morgan fingerprint density at radius 3 is 2.71 bits per heavy atom. The molecule has 0 bridgehead atoms. The van der Waals surface area contributed by atoms with Crippen molar-refractivity contribution in [2.45, 2.75) is 44.8 Å². The van der Waals surface area contributed by atoms with Crippen molar-refractivity contribution in [2.24, 2.45) is 0 Å². The van der Waals surface area contributed by atoms with Crippen LogP contribution in [0.25, 0.3) is 0 Å². The third-order valence-electron chi connectivity index (χ3n) is 3.30. The van der Waals surface area contributed by atoms with Crippen LogP contribution in [0.3, 0.4) is 0 Å². The molecular formula is C11H19NO2. The van der Waals surface area contributed by atoms with Crippen molar-refractivity contribution in [1.29, 1.82) is 0 Å². The van der Waals surface area contributed by atoms with Crippen molar-refractivity contribution in [3.8, 4) is 0 Å². The lowest BCUT2D eigenvalue weighted by Crippen LogP contribution is -2.48. The van der Waals surface area contributed by atoms with Crippen LogP contribution in [0.5, 0.6) is 0 Å². The Morgan fingerprint density at radius 2 is 2.07 bits per heavy atom. The number of carbonyl (C=O) groups excluding carboxylic acids is 1. The highest BCUT2D eigenvalue weighted by atomic mass is 16.5. The molecule has 0 radical (unpaired) electrons. The van der Waals surface area contributed by atoms with E-state index in [1.165, 1.54) is 0 Å². The highest BCUT2D eigenvalue weighted by molar-refractivity contribution is 5.79. The summed E-state index contributed by atoms with van der Waals surface area (Å²) in [5.74, 6) is 0.447. The first-order valence-electron chi connectivity index (χ1n) is 5.63. The van der Waals surface area contributed by atoms with Crippen LogP contribution in [-0.4, -0.2) is 42.5 Å². The van der Waals surface area contributed by atoms with Gasteiger partial charge in [0.25, 0.3) is 0 Å². The van der Waals surface area contributed by atoms with E-state index in [0.717, 1.165) is 45.4 Å². The summed E-state index contributed by atoms with van der Waals surface area (Å²) in [6.07, 6.45) is 4.06. The summed E-state index contributed by atoms with van der Waals surface area (Å²) in [5.41, 5.74) is 0. The molecule has 0 amide bonds. The minimum absolute atomic E-state index is 0.362. The van der Waals surface area contributed by atoms with Crippen LogP contribution >= 0.6 is 0 Å². The Bertz CT molecular complexity index is 207. The number of ketones is 1. The van der Waals surface area contributed by atoms with Gasteiger partial charge < -0.3 is 4.74 Å². The first-order valence-corrected chi connectivity index (χ1v) is 5.63. The molecule has 0 aromatic heterocycles. The number of carbonyl (C=O) groups is 1. The number of hydrogen-bond donors (Lipinski definition) is 0. The largest absolute Gasteiger partial charge is 0.376 e. The fourth-order valence-electron chi connectivity index (χ4n) is 2.47. The van der Waals surface area contributed by atoms with Gasteiger partial charge in [-0.05, 0) is 19.8 Å². The molecule has 1 heterocycles. The minimum Gasteiger partial charge on any atom is -0.376 e. The summed E-state index contributed by atoms with van der Waals surface area (Å²) in [5, 5.41) is 0. The van der Waals surface area contributed by atoms with Crippen molar-refractivity contribution in [3.63, 3.8) is 0 Å². The second-order valence-corrected chi connectivity index (χ2v) is 4.45. The molecular weight excluding hydrogens is 178 g/mol. The number of nitrogens with zero attached hydrogens (tertiary/aromatic N) is 1. The normalized spacial score (nSPS) is 32.1. The molecule has 1 aliphatic heterocycles. The highest BCUT2D eigenvalue weighted by Crippen LogP contribution is 2.22. The lowest BCUT2D eigenvalue weighted by Gasteiger charge is -2.38. The quantitative estimate of drug-likeness (QED) is 0.633. The van der Waals surface area contributed by atoms with E-state index in [-0.39, 0.29) is 0 Å². The van der Waals surface area contributed by atoms with Crippen molar-refractivity contribution in [3.05, 3.63) is 0 Å². The van der Waals surface area contributed by atoms with Gasteiger partial charge in [-0.15, -0.1) is 0 Å². The molecule has 2 rings (SSSR count). The summed E-state index contributed by atoms with van der Waals surface area (Å²) in [6, 6.07) is 0.638. The SMILES string of the molecule is CC1CN(C2CCC(=O)CC2)CCO1. The lowest BCUT2D eigenvalue weighted by molar-refractivity contribution is -0.122. The molecule has 0 aromatic rings. The van der Waals surface area contributed by atoms with Crippen molar-refractivity contribution in [1.82, 2.24) is 4.90 Å². The minimum atomic E-state index is 0.362. The van der Waals surface area contributed by atoms with Crippen LogP contribution < -0.4 is 0 Å². The average molecular weight is 197 g/mol. The van der Waals surface area contributed by atoms with Crippen molar-refractivity contribution in [2.75, 3.05) is 19.7 Å². The third-order valence-corrected chi connectivity index (χ3v) is 3.30. The lowest BCUT2D eigenvalue weighted by atomic mass is 9.93. The average Bonchev–Trinajstić information content (AvgIpc) is 2.19. The number of hydrogen-bond acceptors (Lipinski definition) is 3. The van der Waals surface area contributed by atoms with Gasteiger partial charge in [0.2, 0.25) is 0 Å². The zero-order valence-corrected chi connectivity index (χ0v) is 8.87. The van der Waals surface area contributed by atoms with E-state index in [2.05, 4.69) is 11.8 Å². The van der Waals surface area contributed by atoms with E-state index in [1.807, 2.05) is 0 Å². The summed E-state index contributed by atoms with van der Waals surface area (Å²) in [4.78, 5) is 13.6. The number of morpholine rings is 1. The first kappa shape index (κ1) is 10.1. The van der Waals surface area contributed by atoms with Gasteiger partial charge in [0, 0.05) is 32.0 Å². The molecule has 0 aromatic carbocycles. The molecule has 0 spiro atoms. The monoisotopic (exact) mass is 197 g/mol. The molecule has 1 atom stereocenters. The zero-order chi connectivity index (χ0) is 9.97. The van der Waals surface area contributed by atoms with E-state index in [1.54, 1.807) is 0 Å². The van der Waals surface area contributed by atoms with E-state index in [9.17, 15) is 4.79 Å². The molecule has 1 saturated heterocycles. The summed E-state index contributed by atoms with van der Waals surface area (Å²) >= 11 is 0. The molecule has 2 aliphatic rings. The number of ether oxygens (including phenoxy) is 1. The first-order chi connectivity index (χ1) is 6.75. The Hall–Kier alpha value is -0.410. The maximum absolute atomic E-state index is 11.1. The molecule has 3 nitrogen and oxygen atoms in total. The van der Waals surface area contributed by atoms with E-state index in [4.69, 9.17) is 4.74 Å². The summed E-state index contributed by atoms with van der Waals surface area (Å²) < 4.78 is 5.51. The molecule has 1 aliphatic carbocycles. The Balaban J connectivity index is 1.85. The Morgan fingerprint density at radius 1 is 1.36 bits per heavy atom. The van der Waals surface area contributed by atoms with E-state index >= 15 is 0 Å². The highest BCUT2D eigenvalue weighted by Gasteiger charge is 2.27. The van der Waals surface area contributed by atoms with Crippen LogP contribution in [0.2, 0.25) is 0 Å². The second kappa shape index (κ2) is 4.41. The maximum atomic E-state index is 11.1. The summed E-state index contributed by atoms with van der Waals surface area (Å²) in [6.45, 7) is 5.06. The summed E-state index contributed by atoms with van der Waals surface area (Å²) in [7, 11) is 0. The molecule has 14 heavy (non-hydrogen) atoms. The van der Waals surface area contributed by atoms with Crippen LogP contribution in [0.15, 0.2) is 0 Å². The van der Waals surface area contributed by atoms with Gasteiger partial charge in [-0.2, -0.15) is 0 Å². The van der Waals surface area contributed by atoms with Gasteiger partial charge in [-0.3, -0.25) is 9.69 Å². The maximum Gasteiger partial charge on any atom is 0.133 e. The standard InChI is InChI=1S/C11H19NO2/c1-9-8-12(6-7-14-9)10-2-4-11(13)5-3-10/h9-10H,2-8H2,1H3. The Labute approximate surface area is 85.4 Å². The van der Waals surface area contributed by atoms with Gasteiger partial charge in [-0.25, -0.2) is 0 Å². The number of Topliss-reactive ketones (excluding diaryl/α,β-unsaturated/α-hetero) is 1. The molecule has 1 saturated carbocycles. The van der Waals surface area contributed by atoms with Crippen LogP contribution in [-0.2, 0) is 9.53 Å². The van der Waals surface area contributed by atoms with Gasteiger partial charge in [0.1, 0.15) is 5.78 Å². The van der Waals surface area contributed by atoms with Crippen LogP contribution in [0.4, 0.5) is 0 Å². The van der Waals surface area contributed by atoms with E-state index in [0.29, 0.717) is 17.9 Å². The third kappa shape index (κ3) is 2.34. The van der Waals surface area contributed by atoms with Gasteiger partial charge >= 0.3 is 0 Å². The number of rotatable bonds is 1.